The lowest BCUT2D eigenvalue weighted by atomic mass is 10.2. The summed E-state index contributed by atoms with van der Waals surface area (Å²) in [4.78, 5) is 22.4. The third kappa shape index (κ3) is 3.98. The number of carbonyl (C=O) groups excluding carboxylic acids is 2. The van der Waals surface area contributed by atoms with Crippen molar-refractivity contribution in [3.63, 3.8) is 0 Å². The summed E-state index contributed by atoms with van der Waals surface area (Å²) < 4.78 is 5.73. The number of aryl methyl sites for hydroxylation is 1. The number of hydrogen-bond acceptors (Lipinski definition) is 4. The van der Waals surface area contributed by atoms with Crippen LogP contribution >= 0.6 is 0 Å². The Labute approximate surface area is 139 Å². The quantitative estimate of drug-likeness (QED) is 0.679. The molecule has 6 nitrogen and oxygen atoms in total. The zero-order chi connectivity index (χ0) is 16.9. The smallest absolute Gasteiger partial charge is 0.344 e. The topological polar surface area (TPSA) is 71.0 Å². The summed E-state index contributed by atoms with van der Waals surface area (Å²) >= 11 is 0. The number of rotatable bonds is 5. The van der Waals surface area contributed by atoms with Crippen molar-refractivity contribution in [2.45, 2.75) is 13.5 Å². The van der Waals surface area contributed by atoms with Gasteiger partial charge in [0.2, 0.25) is 5.91 Å². The molecule has 0 saturated carbocycles. The molecule has 3 rings (SSSR count). The van der Waals surface area contributed by atoms with Gasteiger partial charge in [-0.25, -0.2) is 9.80 Å². The molecule has 3 amide bonds. The Balaban J connectivity index is 1.56. The number of hydrogen-bond donors (Lipinski definition) is 1. The van der Waals surface area contributed by atoms with E-state index in [0.717, 1.165) is 21.9 Å². The molecule has 0 atom stereocenters. The fourth-order valence-corrected chi connectivity index (χ4v) is 2.16. The van der Waals surface area contributed by atoms with Crippen LogP contribution in [0.5, 0.6) is 5.75 Å². The zero-order valence-electron chi connectivity index (χ0n) is 13.2. The van der Waals surface area contributed by atoms with Crippen LogP contribution in [0.2, 0.25) is 0 Å². The van der Waals surface area contributed by atoms with E-state index in [2.05, 4.69) is 22.6 Å². The predicted octanol–water partition coefficient (Wildman–Crippen LogP) is 2.46. The number of imide groups is 1. The van der Waals surface area contributed by atoms with Crippen LogP contribution < -0.4 is 10.1 Å². The highest BCUT2D eigenvalue weighted by Gasteiger charge is 2.25. The molecule has 0 radical (unpaired) electrons. The van der Waals surface area contributed by atoms with Gasteiger partial charge >= 0.3 is 6.03 Å². The first-order chi connectivity index (χ1) is 11.6. The number of ether oxygens (including phenoxy) is 1. The second kappa shape index (κ2) is 6.95. The van der Waals surface area contributed by atoms with E-state index in [9.17, 15) is 9.59 Å². The highest BCUT2D eigenvalue weighted by molar-refractivity contribution is 6.02. The fourth-order valence-electron chi connectivity index (χ4n) is 2.16. The van der Waals surface area contributed by atoms with Crippen LogP contribution in [0, 0.1) is 6.92 Å². The standard InChI is InChI=1S/C18H17N3O3/c1-13-2-4-15(5-3-13)12-24-16-8-6-14(7-9-16)10-19-21-11-17(22)20-18(21)23/h2-10H,11-12H2,1H3,(H,20,22,23)/b19-10-. The van der Waals surface area contributed by atoms with Gasteiger partial charge in [-0.2, -0.15) is 5.10 Å². The van der Waals surface area contributed by atoms with E-state index in [0.29, 0.717) is 6.61 Å². The van der Waals surface area contributed by atoms with Gasteiger partial charge in [0.05, 0.1) is 6.21 Å². The molecule has 1 heterocycles. The van der Waals surface area contributed by atoms with E-state index in [4.69, 9.17) is 4.74 Å². The normalized spacial score (nSPS) is 14.3. The van der Waals surface area contributed by atoms with E-state index in [1.54, 1.807) is 0 Å². The summed E-state index contributed by atoms with van der Waals surface area (Å²) in [7, 11) is 0. The molecule has 0 aliphatic carbocycles. The van der Waals surface area contributed by atoms with Crippen LogP contribution in [0.3, 0.4) is 0 Å². The second-order valence-electron chi connectivity index (χ2n) is 5.50. The highest BCUT2D eigenvalue weighted by Crippen LogP contribution is 2.14. The number of hydrazone groups is 1. The molecule has 1 saturated heterocycles. The first kappa shape index (κ1) is 15.7. The molecule has 2 aromatic rings. The van der Waals surface area contributed by atoms with Crippen LogP contribution in [0.15, 0.2) is 53.6 Å². The summed E-state index contributed by atoms with van der Waals surface area (Å²) in [5, 5.41) is 7.24. The number of amides is 3. The number of nitrogens with zero attached hydrogens (tertiary/aromatic N) is 2. The SMILES string of the molecule is Cc1ccc(COc2ccc(/C=N\N3CC(=O)NC3=O)cc2)cc1. The van der Waals surface area contributed by atoms with Gasteiger partial charge in [-0.1, -0.05) is 29.8 Å². The summed E-state index contributed by atoms with van der Waals surface area (Å²) in [5.74, 6) is 0.402. The second-order valence-corrected chi connectivity index (χ2v) is 5.50. The van der Waals surface area contributed by atoms with Gasteiger partial charge in [-0.15, -0.1) is 0 Å². The van der Waals surface area contributed by atoms with Crippen LogP contribution in [-0.4, -0.2) is 29.7 Å². The summed E-state index contributed by atoms with van der Waals surface area (Å²) in [6.07, 6.45) is 1.53. The van der Waals surface area contributed by atoms with Gasteiger partial charge in [-0.3, -0.25) is 10.1 Å². The van der Waals surface area contributed by atoms with Gasteiger partial charge in [0.1, 0.15) is 18.9 Å². The minimum Gasteiger partial charge on any atom is -0.489 e. The van der Waals surface area contributed by atoms with Gasteiger partial charge in [0.15, 0.2) is 0 Å². The molecule has 2 aromatic carbocycles. The first-order valence-corrected chi connectivity index (χ1v) is 7.54. The molecule has 1 aliphatic heterocycles. The third-order valence-corrected chi connectivity index (χ3v) is 3.53. The van der Waals surface area contributed by atoms with Crippen LogP contribution in [0.25, 0.3) is 0 Å². The van der Waals surface area contributed by atoms with Gasteiger partial charge < -0.3 is 4.74 Å². The average molecular weight is 323 g/mol. The highest BCUT2D eigenvalue weighted by atomic mass is 16.5. The Hall–Kier alpha value is -3.15. The Bertz CT molecular complexity index is 767. The first-order valence-electron chi connectivity index (χ1n) is 7.54. The van der Waals surface area contributed by atoms with Crippen molar-refractivity contribution in [1.29, 1.82) is 0 Å². The van der Waals surface area contributed by atoms with E-state index < -0.39 is 6.03 Å². The number of nitrogens with one attached hydrogen (secondary N) is 1. The maximum absolute atomic E-state index is 11.4. The molecule has 1 aliphatic rings. The van der Waals surface area contributed by atoms with Crippen molar-refractivity contribution in [2.75, 3.05) is 6.54 Å². The molecule has 6 heteroatoms. The monoisotopic (exact) mass is 323 g/mol. The predicted molar refractivity (Wildman–Crippen MR) is 89.8 cm³/mol. The maximum atomic E-state index is 11.4. The zero-order valence-corrected chi connectivity index (χ0v) is 13.2. The average Bonchev–Trinajstić information content (AvgIpc) is 2.91. The van der Waals surface area contributed by atoms with E-state index in [1.165, 1.54) is 11.8 Å². The number of benzene rings is 2. The van der Waals surface area contributed by atoms with Gasteiger partial charge in [0, 0.05) is 0 Å². The fraction of sp³-hybridized carbons (Fsp3) is 0.167. The molecular formula is C18H17N3O3. The van der Waals surface area contributed by atoms with Crippen molar-refractivity contribution in [1.82, 2.24) is 10.3 Å². The van der Waals surface area contributed by atoms with Crippen LogP contribution in [-0.2, 0) is 11.4 Å². The van der Waals surface area contributed by atoms with Crippen molar-refractivity contribution >= 4 is 18.2 Å². The summed E-state index contributed by atoms with van der Waals surface area (Å²) in [6, 6.07) is 15.0. The molecule has 0 unspecified atom stereocenters. The van der Waals surface area contributed by atoms with Crippen molar-refractivity contribution in [2.24, 2.45) is 5.10 Å². The van der Waals surface area contributed by atoms with E-state index in [1.807, 2.05) is 43.3 Å². The Morgan fingerprint density at radius 2 is 1.83 bits per heavy atom. The lowest BCUT2D eigenvalue weighted by Gasteiger charge is -2.07. The largest absolute Gasteiger partial charge is 0.489 e. The summed E-state index contributed by atoms with van der Waals surface area (Å²) in [6.45, 7) is 2.50. The molecule has 1 fully saturated rings. The molecule has 0 aromatic heterocycles. The lowest BCUT2D eigenvalue weighted by Crippen LogP contribution is -2.24. The third-order valence-electron chi connectivity index (χ3n) is 3.53. The molecule has 122 valence electrons. The van der Waals surface area contributed by atoms with Gasteiger partial charge in [-0.05, 0) is 42.3 Å². The summed E-state index contributed by atoms with van der Waals surface area (Å²) in [5.41, 5.74) is 3.14. The Morgan fingerprint density at radius 1 is 1.12 bits per heavy atom. The van der Waals surface area contributed by atoms with Crippen LogP contribution in [0.1, 0.15) is 16.7 Å². The van der Waals surface area contributed by atoms with Crippen molar-refractivity contribution in [3.8, 4) is 5.75 Å². The molecular weight excluding hydrogens is 306 g/mol. The van der Waals surface area contributed by atoms with E-state index in [-0.39, 0.29) is 12.5 Å². The van der Waals surface area contributed by atoms with Gasteiger partial charge in [0.25, 0.3) is 0 Å². The minimum atomic E-state index is -0.505. The maximum Gasteiger partial charge on any atom is 0.344 e. The Morgan fingerprint density at radius 3 is 2.46 bits per heavy atom. The number of urea groups is 1. The minimum absolute atomic E-state index is 0.0485. The molecule has 24 heavy (non-hydrogen) atoms. The van der Waals surface area contributed by atoms with Crippen LogP contribution in [0.4, 0.5) is 4.79 Å². The molecule has 0 spiro atoms. The lowest BCUT2D eigenvalue weighted by molar-refractivity contribution is -0.118. The molecule has 1 N–H and O–H groups in total. The van der Waals surface area contributed by atoms with Crippen molar-refractivity contribution in [3.05, 3.63) is 65.2 Å². The Kier molecular flexibility index (Phi) is 4.56. The molecule has 0 bridgehead atoms. The van der Waals surface area contributed by atoms with Crippen molar-refractivity contribution < 1.29 is 14.3 Å². The number of carbonyl (C=O) groups is 2. The van der Waals surface area contributed by atoms with E-state index >= 15 is 0 Å².